The van der Waals surface area contributed by atoms with E-state index < -0.39 is 5.41 Å². The number of amides is 1. The lowest BCUT2D eigenvalue weighted by Gasteiger charge is -2.25. The van der Waals surface area contributed by atoms with Crippen LogP contribution in [0.4, 0.5) is 0 Å². The highest BCUT2D eigenvalue weighted by molar-refractivity contribution is 6.07. The number of rotatable bonds is 8. The molecule has 6 heteroatoms. The molecule has 0 saturated heterocycles. The first-order chi connectivity index (χ1) is 9.17. The van der Waals surface area contributed by atoms with Crippen molar-refractivity contribution < 1.29 is 14.7 Å². The predicted molar refractivity (Wildman–Crippen MR) is 73.0 cm³/mol. The molecule has 0 unspecified atom stereocenters. The first kappa shape index (κ1) is 15.8. The second-order valence-corrected chi connectivity index (χ2v) is 5.00. The molecule has 19 heavy (non-hydrogen) atoms. The lowest BCUT2D eigenvalue weighted by molar-refractivity contribution is -0.127. The number of nitrogens with one attached hydrogen (secondary N) is 1. The number of hydrogen-bond donors (Lipinski definition) is 3. The third kappa shape index (κ3) is 4.09. The van der Waals surface area contributed by atoms with Gasteiger partial charge in [0.05, 0.1) is 6.61 Å². The van der Waals surface area contributed by atoms with Crippen molar-refractivity contribution in [3.63, 3.8) is 0 Å². The monoisotopic (exact) mass is 271 g/mol. The molecule has 0 radical (unpaired) electrons. The van der Waals surface area contributed by atoms with E-state index in [1.165, 1.54) is 0 Å². The van der Waals surface area contributed by atoms with Crippen molar-refractivity contribution in [1.29, 1.82) is 0 Å². The molecule has 4 N–H and O–H groups in total. The van der Waals surface area contributed by atoms with E-state index in [0.29, 0.717) is 26.0 Å². The van der Waals surface area contributed by atoms with Crippen LogP contribution in [0.15, 0.2) is 5.16 Å². The zero-order valence-corrected chi connectivity index (χ0v) is 11.7. The summed E-state index contributed by atoms with van der Waals surface area (Å²) in [5, 5.41) is 14.7. The van der Waals surface area contributed by atoms with E-state index >= 15 is 0 Å². The van der Waals surface area contributed by atoms with Crippen LogP contribution in [0.3, 0.4) is 0 Å². The van der Waals surface area contributed by atoms with Gasteiger partial charge in [0.15, 0.2) is 5.84 Å². The Balaban J connectivity index is 2.38. The average Bonchev–Trinajstić information content (AvgIpc) is 2.92. The molecule has 0 aliphatic heterocycles. The number of nitrogens with zero attached hydrogens (tertiary/aromatic N) is 1. The minimum Gasteiger partial charge on any atom is -0.409 e. The number of unbranched alkanes of at least 4 members (excludes halogenated alkanes) is 1. The van der Waals surface area contributed by atoms with Crippen molar-refractivity contribution in [3.05, 3.63) is 0 Å². The van der Waals surface area contributed by atoms with Gasteiger partial charge in [-0.1, -0.05) is 31.3 Å². The Morgan fingerprint density at radius 1 is 1.42 bits per heavy atom. The number of carbonyl (C=O) groups excluding carboxylic acids is 1. The molecule has 0 bridgehead atoms. The lowest BCUT2D eigenvalue weighted by atomic mass is 9.84. The highest BCUT2D eigenvalue weighted by Gasteiger charge is 2.45. The van der Waals surface area contributed by atoms with Gasteiger partial charge in [0.2, 0.25) is 5.91 Å². The predicted octanol–water partition coefficient (Wildman–Crippen LogP) is 1.23. The number of amidine groups is 1. The van der Waals surface area contributed by atoms with E-state index in [9.17, 15) is 4.79 Å². The van der Waals surface area contributed by atoms with Crippen molar-refractivity contribution in [2.24, 2.45) is 16.3 Å². The van der Waals surface area contributed by atoms with Gasteiger partial charge in [0.1, 0.15) is 5.41 Å². The van der Waals surface area contributed by atoms with E-state index in [0.717, 1.165) is 32.3 Å². The molecule has 6 nitrogen and oxygen atoms in total. The second-order valence-electron chi connectivity index (χ2n) is 5.00. The fraction of sp³-hybridized carbons (Fsp3) is 0.846. The van der Waals surface area contributed by atoms with Crippen LogP contribution < -0.4 is 11.1 Å². The Morgan fingerprint density at radius 3 is 2.68 bits per heavy atom. The molecule has 1 amide bonds. The fourth-order valence-electron chi connectivity index (χ4n) is 2.43. The molecule has 0 aromatic rings. The number of ether oxygens (including phenoxy) is 1. The summed E-state index contributed by atoms with van der Waals surface area (Å²) in [6.45, 7) is 3.78. The molecule has 1 fully saturated rings. The second kappa shape index (κ2) is 7.99. The van der Waals surface area contributed by atoms with Gasteiger partial charge < -0.3 is 21.0 Å². The molecular weight excluding hydrogens is 246 g/mol. The lowest BCUT2D eigenvalue weighted by Crippen LogP contribution is -2.48. The van der Waals surface area contributed by atoms with Gasteiger partial charge in [-0.05, 0) is 19.3 Å². The van der Waals surface area contributed by atoms with Gasteiger partial charge in [-0.3, -0.25) is 4.79 Å². The molecule has 0 heterocycles. The molecule has 1 aliphatic rings. The van der Waals surface area contributed by atoms with Crippen LogP contribution in [0, 0.1) is 5.41 Å². The number of oxime groups is 1. The average molecular weight is 271 g/mol. The number of nitrogens with two attached hydrogens (primary N) is 1. The zero-order chi connectivity index (χ0) is 14.1. The molecular formula is C13H25N3O3. The van der Waals surface area contributed by atoms with Crippen LogP contribution >= 0.6 is 0 Å². The molecule has 110 valence electrons. The Morgan fingerprint density at radius 2 is 2.11 bits per heavy atom. The summed E-state index contributed by atoms with van der Waals surface area (Å²) in [5.74, 6) is -0.131. The topological polar surface area (TPSA) is 96.9 Å². The minimum atomic E-state index is -0.821. The molecule has 0 aromatic heterocycles. The first-order valence-corrected chi connectivity index (χ1v) is 7.01. The summed E-state index contributed by atoms with van der Waals surface area (Å²) >= 11 is 0. The van der Waals surface area contributed by atoms with Gasteiger partial charge in [-0.15, -0.1) is 0 Å². The summed E-state index contributed by atoms with van der Waals surface area (Å²) in [6, 6.07) is 0. The third-order valence-corrected chi connectivity index (χ3v) is 3.66. The van der Waals surface area contributed by atoms with Gasteiger partial charge in [-0.2, -0.15) is 0 Å². The van der Waals surface area contributed by atoms with Crippen LogP contribution in [0.5, 0.6) is 0 Å². The van der Waals surface area contributed by atoms with E-state index in [1.807, 2.05) is 0 Å². The Labute approximate surface area is 114 Å². The maximum Gasteiger partial charge on any atom is 0.234 e. The van der Waals surface area contributed by atoms with E-state index in [1.54, 1.807) is 0 Å². The van der Waals surface area contributed by atoms with E-state index in [4.69, 9.17) is 15.7 Å². The summed E-state index contributed by atoms with van der Waals surface area (Å²) in [6.07, 6.45) is 5.27. The summed E-state index contributed by atoms with van der Waals surface area (Å²) < 4.78 is 5.38. The van der Waals surface area contributed by atoms with Crippen molar-refractivity contribution in [2.45, 2.75) is 45.4 Å². The van der Waals surface area contributed by atoms with E-state index in [2.05, 4.69) is 17.4 Å². The SMILES string of the molecule is CCCCOCCNC(=O)C1(C(N)=NO)CCCC1. The third-order valence-electron chi connectivity index (χ3n) is 3.66. The Kier molecular flexibility index (Phi) is 6.62. The quantitative estimate of drug-likeness (QED) is 0.203. The van der Waals surface area contributed by atoms with Crippen molar-refractivity contribution >= 4 is 11.7 Å². The van der Waals surface area contributed by atoms with Gasteiger partial charge in [0, 0.05) is 13.2 Å². The highest BCUT2D eigenvalue weighted by atomic mass is 16.5. The van der Waals surface area contributed by atoms with Gasteiger partial charge in [-0.25, -0.2) is 0 Å². The largest absolute Gasteiger partial charge is 0.409 e. The summed E-state index contributed by atoms with van der Waals surface area (Å²) in [5.41, 5.74) is 4.87. The van der Waals surface area contributed by atoms with Crippen molar-refractivity contribution in [1.82, 2.24) is 5.32 Å². The molecule has 0 aromatic carbocycles. The molecule has 0 spiro atoms. The van der Waals surface area contributed by atoms with Crippen LogP contribution in [-0.4, -0.2) is 36.7 Å². The van der Waals surface area contributed by atoms with Crippen LogP contribution in [0.25, 0.3) is 0 Å². The van der Waals surface area contributed by atoms with Crippen molar-refractivity contribution in [3.8, 4) is 0 Å². The zero-order valence-electron chi connectivity index (χ0n) is 11.7. The fourth-order valence-corrected chi connectivity index (χ4v) is 2.43. The molecule has 0 atom stereocenters. The van der Waals surface area contributed by atoms with Crippen LogP contribution in [-0.2, 0) is 9.53 Å². The summed E-state index contributed by atoms with van der Waals surface area (Å²) in [7, 11) is 0. The molecule has 1 aliphatic carbocycles. The standard InChI is InChI=1S/C13H25N3O3/c1-2-3-9-19-10-8-15-12(17)13(11(14)16-18)6-4-5-7-13/h18H,2-10H2,1H3,(H2,14,16)(H,15,17). The number of hydrogen-bond acceptors (Lipinski definition) is 4. The Hall–Kier alpha value is -1.30. The van der Waals surface area contributed by atoms with Crippen molar-refractivity contribution in [2.75, 3.05) is 19.8 Å². The smallest absolute Gasteiger partial charge is 0.234 e. The Bertz CT molecular complexity index is 312. The maximum atomic E-state index is 12.2. The highest BCUT2D eigenvalue weighted by Crippen LogP contribution is 2.38. The normalized spacial score (nSPS) is 18.5. The molecule has 1 saturated carbocycles. The van der Waals surface area contributed by atoms with E-state index in [-0.39, 0.29) is 11.7 Å². The van der Waals surface area contributed by atoms with Crippen LogP contribution in [0.1, 0.15) is 45.4 Å². The van der Waals surface area contributed by atoms with Crippen LogP contribution in [0.2, 0.25) is 0 Å². The number of carbonyl (C=O) groups is 1. The minimum absolute atomic E-state index is 0.0226. The van der Waals surface area contributed by atoms with Gasteiger partial charge >= 0.3 is 0 Å². The summed E-state index contributed by atoms with van der Waals surface area (Å²) in [4.78, 5) is 12.2. The maximum absolute atomic E-state index is 12.2. The first-order valence-electron chi connectivity index (χ1n) is 7.01. The van der Waals surface area contributed by atoms with Gasteiger partial charge in [0.25, 0.3) is 0 Å². The molecule has 1 rings (SSSR count).